The molecule has 3 rings (SSSR count). The van der Waals surface area contributed by atoms with E-state index in [4.69, 9.17) is 5.73 Å². The van der Waals surface area contributed by atoms with Gasteiger partial charge in [0.25, 0.3) is 0 Å². The molecule has 20 heavy (non-hydrogen) atoms. The Morgan fingerprint density at radius 1 is 0.900 bits per heavy atom. The molecule has 1 heterocycles. The van der Waals surface area contributed by atoms with Gasteiger partial charge in [-0.25, -0.2) is 4.68 Å². The second-order valence-corrected chi connectivity index (χ2v) is 5.00. The Morgan fingerprint density at radius 3 is 2.35 bits per heavy atom. The summed E-state index contributed by atoms with van der Waals surface area (Å²) in [6.07, 6.45) is 0. The van der Waals surface area contributed by atoms with Gasteiger partial charge in [-0.1, -0.05) is 30.3 Å². The van der Waals surface area contributed by atoms with Crippen LogP contribution in [0.3, 0.4) is 0 Å². The summed E-state index contributed by atoms with van der Waals surface area (Å²) in [5.41, 5.74) is 11.6. The first-order valence-corrected chi connectivity index (χ1v) is 6.64. The third-order valence-corrected chi connectivity index (χ3v) is 3.54. The van der Waals surface area contributed by atoms with Crippen LogP contribution < -0.4 is 5.73 Å². The van der Waals surface area contributed by atoms with Gasteiger partial charge < -0.3 is 5.73 Å². The fraction of sp³-hybridized carbons (Fsp3) is 0.118. The zero-order chi connectivity index (χ0) is 14.1. The predicted octanol–water partition coefficient (Wildman–Crippen LogP) is 3.74. The van der Waals surface area contributed by atoms with Gasteiger partial charge in [-0.15, -0.1) is 0 Å². The molecule has 3 aromatic rings. The number of nitrogens with zero attached hydrogens (tertiary/aromatic N) is 2. The van der Waals surface area contributed by atoms with Crippen molar-refractivity contribution in [1.29, 1.82) is 0 Å². The highest BCUT2D eigenvalue weighted by Gasteiger charge is 2.09. The second kappa shape index (κ2) is 4.85. The molecule has 0 saturated carbocycles. The summed E-state index contributed by atoms with van der Waals surface area (Å²) in [7, 11) is 0. The fourth-order valence-electron chi connectivity index (χ4n) is 2.21. The van der Waals surface area contributed by atoms with Crippen LogP contribution in [0.5, 0.6) is 0 Å². The topological polar surface area (TPSA) is 43.8 Å². The van der Waals surface area contributed by atoms with Gasteiger partial charge in [-0.3, -0.25) is 0 Å². The van der Waals surface area contributed by atoms with Crippen molar-refractivity contribution in [2.75, 3.05) is 5.73 Å². The van der Waals surface area contributed by atoms with Crippen molar-refractivity contribution in [3.8, 4) is 16.9 Å². The Morgan fingerprint density at radius 2 is 1.65 bits per heavy atom. The molecule has 0 aliphatic carbocycles. The Bertz CT molecular complexity index is 742. The molecule has 2 aromatic carbocycles. The van der Waals surface area contributed by atoms with Gasteiger partial charge in [0, 0.05) is 11.6 Å². The summed E-state index contributed by atoms with van der Waals surface area (Å²) < 4.78 is 1.77. The largest absolute Gasteiger partial charge is 0.384 e. The second-order valence-electron chi connectivity index (χ2n) is 5.00. The molecular formula is C17H17N3. The summed E-state index contributed by atoms with van der Waals surface area (Å²) in [5, 5.41) is 4.61. The zero-order valence-corrected chi connectivity index (χ0v) is 11.7. The molecule has 0 aliphatic rings. The minimum atomic E-state index is 0.643. The van der Waals surface area contributed by atoms with E-state index in [1.54, 1.807) is 4.68 Å². The van der Waals surface area contributed by atoms with Crippen LogP contribution in [0.25, 0.3) is 16.9 Å². The lowest BCUT2D eigenvalue weighted by Crippen LogP contribution is -2.01. The molecule has 0 fully saturated rings. The molecule has 0 unspecified atom stereocenters. The average molecular weight is 263 g/mol. The quantitative estimate of drug-likeness (QED) is 0.765. The number of hydrogen-bond donors (Lipinski definition) is 1. The number of aryl methyl sites for hydroxylation is 2. The van der Waals surface area contributed by atoms with Gasteiger partial charge >= 0.3 is 0 Å². The Hall–Kier alpha value is -2.55. The number of para-hydroxylation sites is 1. The third-order valence-electron chi connectivity index (χ3n) is 3.54. The summed E-state index contributed by atoms with van der Waals surface area (Å²) in [6.45, 7) is 4.21. The molecule has 0 atom stereocenters. The van der Waals surface area contributed by atoms with Gasteiger partial charge in [0.15, 0.2) is 0 Å². The van der Waals surface area contributed by atoms with E-state index in [0.29, 0.717) is 5.82 Å². The van der Waals surface area contributed by atoms with Gasteiger partial charge in [-0.05, 0) is 43.2 Å². The standard InChI is InChI=1S/C17H17N3/c1-12-8-9-14(10-13(12)2)16-11-17(18)20(19-16)15-6-4-3-5-7-15/h3-11H,18H2,1-2H3. The number of nitrogen functional groups attached to an aromatic ring is 1. The van der Waals surface area contributed by atoms with Crippen molar-refractivity contribution in [3.63, 3.8) is 0 Å². The maximum absolute atomic E-state index is 6.08. The third kappa shape index (κ3) is 2.18. The van der Waals surface area contributed by atoms with Gasteiger partial charge in [0.2, 0.25) is 0 Å². The van der Waals surface area contributed by atoms with Crippen molar-refractivity contribution in [3.05, 3.63) is 65.7 Å². The highest BCUT2D eigenvalue weighted by atomic mass is 15.3. The number of anilines is 1. The molecule has 1 aromatic heterocycles. The molecule has 0 saturated heterocycles. The Labute approximate surface area is 118 Å². The molecular weight excluding hydrogens is 246 g/mol. The van der Waals surface area contributed by atoms with E-state index < -0.39 is 0 Å². The van der Waals surface area contributed by atoms with Crippen LogP contribution in [0.15, 0.2) is 54.6 Å². The molecule has 100 valence electrons. The van der Waals surface area contributed by atoms with Crippen LogP contribution in [0.1, 0.15) is 11.1 Å². The first-order chi connectivity index (χ1) is 9.65. The maximum Gasteiger partial charge on any atom is 0.127 e. The van der Waals surface area contributed by atoms with Crippen LogP contribution in [-0.2, 0) is 0 Å². The fourth-order valence-corrected chi connectivity index (χ4v) is 2.21. The van der Waals surface area contributed by atoms with Crippen LogP contribution in [0, 0.1) is 13.8 Å². The number of benzene rings is 2. The van der Waals surface area contributed by atoms with E-state index in [2.05, 4.69) is 37.1 Å². The molecule has 0 bridgehead atoms. The highest BCUT2D eigenvalue weighted by molar-refractivity contribution is 5.65. The van der Waals surface area contributed by atoms with E-state index in [0.717, 1.165) is 16.9 Å². The van der Waals surface area contributed by atoms with E-state index in [-0.39, 0.29) is 0 Å². The summed E-state index contributed by atoms with van der Waals surface area (Å²) in [4.78, 5) is 0. The lowest BCUT2D eigenvalue weighted by Gasteiger charge is -2.03. The van der Waals surface area contributed by atoms with E-state index in [1.165, 1.54) is 11.1 Å². The summed E-state index contributed by atoms with van der Waals surface area (Å²) >= 11 is 0. The van der Waals surface area contributed by atoms with Gasteiger partial charge in [-0.2, -0.15) is 5.10 Å². The lowest BCUT2D eigenvalue weighted by molar-refractivity contribution is 0.895. The van der Waals surface area contributed by atoms with Crippen molar-refractivity contribution in [2.45, 2.75) is 13.8 Å². The van der Waals surface area contributed by atoms with Crippen LogP contribution in [-0.4, -0.2) is 9.78 Å². The molecule has 3 nitrogen and oxygen atoms in total. The van der Waals surface area contributed by atoms with Crippen LogP contribution in [0.4, 0.5) is 5.82 Å². The molecule has 2 N–H and O–H groups in total. The van der Waals surface area contributed by atoms with E-state index in [1.807, 2.05) is 36.4 Å². The molecule has 0 aliphatic heterocycles. The minimum absolute atomic E-state index is 0.643. The first kappa shape index (κ1) is 12.5. The smallest absolute Gasteiger partial charge is 0.127 e. The minimum Gasteiger partial charge on any atom is -0.384 e. The van der Waals surface area contributed by atoms with Crippen LogP contribution >= 0.6 is 0 Å². The maximum atomic E-state index is 6.08. The normalized spacial score (nSPS) is 10.7. The molecule has 3 heteroatoms. The van der Waals surface area contributed by atoms with Crippen molar-refractivity contribution >= 4 is 5.82 Å². The Kier molecular flexibility index (Phi) is 3.03. The molecule has 0 amide bonds. The number of aromatic nitrogens is 2. The summed E-state index contributed by atoms with van der Waals surface area (Å²) in [5.74, 6) is 0.643. The first-order valence-electron chi connectivity index (χ1n) is 6.64. The predicted molar refractivity (Wildman–Crippen MR) is 82.9 cm³/mol. The average Bonchev–Trinajstić information content (AvgIpc) is 2.85. The zero-order valence-electron chi connectivity index (χ0n) is 11.7. The van der Waals surface area contributed by atoms with Gasteiger partial charge in [0.05, 0.1) is 11.4 Å². The number of hydrogen-bond acceptors (Lipinski definition) is 2. The SMILES string of the molecule is Cc1ccc(-c2cc(N)n(-c3ccccc3)n2)cc1C. The summed E-state index contributed by atoms with van der Waals surface area (Å²) in [6, 6.07) is 18.2. The van der Waals surface area contributed by atoms with E-state index in [9.17, 15) is 0 Å². The Balaban J connectivity index is 2.06. The lowest BCUT2D eigenvalue weighted by atomic mass is 10.0. The number of nitrogens with two attached hydrogens (primary N) is 1. The van der Waals surface area contributed by atoms with Crippen molar-refractivity contribution < 1.29 is 0 Å². The van der Waals surface area contributed by atoms with Crippen LogP contribution in [0.2, 0.25) is 0 Å². The monoisotopic (exact) mass is 263 g/mol. The van der Waals surface area contributed by atoms with E-state index >= 15 is 0 Å². The highest BCUT2D eigenvalue weighted by Crippen LogP contribution is 2.24. The number of rotatable bonds is 2. The van der Waals surface area contributed by atoms with Gasteiger partial charge in [0.1, 0.15) is 5.82 Å². The van der Waals surface area contributed by atoms with Crippen molar-refractivity contribution in [2.24, 2.45) is 0 Å². The molecule has 0 radical (unpaired) electrons. The van der Waals surface area contributed by atoms with Crippen molar-refractivity contribution in [1.82, 2.24) is 9.78 Å². The molecule has 0 spiro atoms.